The number of hydrogen-bond acceptors (Lipinski definition) is 4. The molecule has 3 amide bonds. The van der Waals surface area contributed by atoms with Crippen LogP contribution < -0.4 is 5.32 Å². The number of nitrogens with one attached hydrogen (secondary N) is 1. The molecule has 1 aliphatic carbocycles. The number of rotatable bonds is 6. The molecule has 0 radical (unpaired) electrons. The third kappa shape index (κ3) is 3.46. The van der Waals surface area contributed by atoms with Crippen LogP contribution in [0.2, 0.25) is 0 Å². The second-order valence-corrected chi connectivity index (χ2v) is 8.76. The van der Waals surface area contributed by atoms with E-state index in [0.29, 0.717) is 26.1 Å². The Hall–Kier alpha value is -1.63. The predicted octanol–water partition coefficient (Wildman–Crippen LogP) is 0.920. The minimum absolute atomic E-state index is 0.0539. The van der Waals surface area contributed by atoms with Crippen molar-refractivity contribution < 1.29 is 19.1 Å². The van der Waals surface area contributed by atoms with Crippen molar-refractivity contribution in [2.75, 3.05) is 26.7 Å². The van der Waals surface area contributed by atoms with E-state index >= 15 is 0 Å². The maximum absolute atomic E-state index is 12.9. The summed E-state index contributed by atoms with van der Waals surface area (Å²) >= 11 is 0. The number of amides is 3. The number of piperazine rings is 1. The van der Waals surface area contributed by atoms with Crippen LogP contribution in [0.1, 0.15) is 52.9 Å². The Morgan fingerprint density at radius 2 is 1.77 bits per heavy atom. The smallest absolute Gasteiger partial charge is 0.230 e. The molecule has 0 unspecified atom stereocenters. The standard InChI is InChI=1S/C19H31N3O4/c1-13(23)20-12-18(2,3)17(25)22-11-14-8-15(22)10-21(14)16(24)9-19(26-4)6-5-7-19/h14-15H,5-12H2,1-4H3,(H,20,23)/t14-,15-/m0/s1. The van der Waals surface area contributed by atoms with Crippen LogP contribution in [0.25, 0.3) is 0 Å². The van der Waals surface area contributed by atoms with E-state index in [4.69, 9.17) is 4.74 Å². The largest absolute Gasteiger partial charge is 0.378 e. The van der Waals surface area contributed by atoms with Gasteiger partial charge >= 0.3 is 0 Å². The van der Waals surface area contributed by atoms with Gasteiger partial charge in [0.2, 0.25) is 17.7 Å². The van der Waals surface area contributed by atoms with Crippen molar-refractivity contribution in [2.24, 2.45) is 5.41 Å². The molecular formula is C19H31N3O4. The third-order valence-electron chi connectivity index (χ3n) is 6.35. The molecule has 26 heavy (non-hydrogen) atoms. The van der Waals surface area contributed by atoms with Gasteiger partial charge in [0.25, 0.3) is 0 Å². The van der Waals surface area contributed by atoms with Crippen LogP contribution in [-0.2, 0) is 19.1 Å². The lowest BCUT2D eigenvalue weighted by Crippen LogP contribution is -2.56. The van der Waals surface area contributed by atoms with Gasteiger partial charge in [0.15, 0.2) is 0 Å². The van der Waals surface area contributed by atoms with Gasteiger partial charge in [-0.25, -0.2) is 0 Å². The molecule has 0 aromatic carbocycles. The molecule has 146 valence electrons. The summed E-state index contributed by atoms with van der Waals surface area (Å²) < 4.78 is 5.59. The summed E-state index contributed by atoms with van der Waals surface area (Å²) in [6, 6.07) is 0.204. The Morgan fingerprint density at radius 3 is 2.23 bits per heavy atom. The lowest BCUT2D eigenvalue weighted by molar-refractivity contribution is -0.151. The van der Waals surface area contributed by atoms with E-state index in [1.165, 1.54) is 6.92 Å². The molecule has 7 heteroatoms. The van der Waals surface area contributed by atoms with Crippen molar-refractivity contribution in [3.05, 3.63) is 0 Å². The topological polar surface area (TPSA) is 79.0 Å². The second kappa shape index (κ2) is 6.83. The minimum Gasteiger partial charge on any atom is -0.378 e. The predicted molar refractivity (Wildman–Crippen MR) is 96.3 cm³/mol. The second-order valence-electron chi connectivity index (χ2n) is 8.76. The Balaban J connectivity index is 1.57. The van der Waals surface area contributed by atoms with Gasteiger partial charge < -0.3 is 19.9 Å². The van der Waals surface area contributed by atoms with E-state index in [-0.39, 0.29) is 35.4 Å². The minimum atomic E-state index is -0.642. The number of ether oxygens (including phenoxy) is 1. The molecule has 2 aliphatic heterocycles. The summed E-state index contributed by atoms with van der Waals surface area (Å²) in [5.74, 6) is 0.0792. The summed E-state index contributed by atoms with van der Waals surface area (Å²) in [5, 5.41) is 2.74. The summed E-state index contributed by atoms with van der Waals surface area (Å²) in [6.45, 7) is 6.72. The maximum atomic E-state index is 12.9. The molecule has 1 N–H and O–H groups in total. The van der Waals surface area contributed by atoms with E-state index in [0.717, 1.165) is 25.7 Å². The van der Waals surface area contributed by atoms with E-state index in [1.807, 2.05) is 23.6 Å². The van der Waals surface area contributed by atoms with Gasteiger partial charge in [-0.05, 0) is 39.5 Å². The van der Waals surface area contributed by atoms with E-state index in [2.05, 4.69) is 5.32 Å². The monoisotopic (exact) mass is 365 g/mol. The summed E-state index contributed by atoms with van der Waals surface area (Å²) in [7, 11) is 1.69. The quantitative estimate of drug-likeness (QED) is 0.759. The zero-order valence-corrected chi connectivity index (χ0v) is 16.3. The molecule has 0 spiro atoms. The SMILES string of the molecule is COC1(CC(=O)N2C[C@@H]3C[C@H]2CN3C(=O)C(C)(C)CNC(C)=O)CCC1. The molecule has 2 bridgehead atoms. The first-order valence-corrected chi connectivity index (χ1v) is 9.58. The number of methoxy groups -OCH3 is 1. The van der Waals surface area contributed by atoms with Gasteiger partial charge in [0.05, 0.1) is 29.5 Å². The fourth-order valence-corrected chi connectivity index (χ4v) is 4.43. The van der Waals surface area contributed by atoms with Gasteiger partial charge in [-0.2, -0.15) is 0 Å². The molecular weight excluding hydrogens is 334 g/mol. The number of hydrogen-bond donors (Lipinski definition) is 1. The third-order valence-corrected chi connectivity index (χ3v) is 6.35. The average molecular weight is 365 g/mol. The molecule has 0 aromatic rings. The van der Waals surface area contributed by atoms with Crippen LogP contribution in [0.5, 0.6) is 0 Å². The van der Waals surface area contributed by atoms with Crippen LogP contribution in [0, 0.1) is 5.41 Å². The van der Waals surface area contributed by atoms with Crippen molar-refractivity contribution in [3.63, 3.8) is 0 Å². The molecule has 7 nitrogen and oxygen atoms in total. The number of nitrogens with zero attached hydrogens (tertiary/aromatic N) is 2. The van der Waals surface area contributed by atoms with Gasteiger partial charge in [0, 0.05) is 33.7 Å². The van der Waals surface area contributed by atoms with Crippen LogP contribution in [0.4, 0.5) is 0 Å². The van der Waals surface area contributed by atoms with Crippen molar-refractivity contribution in [2.45, 2.75) is 70.6 Å². The highest BCUT2D eigenvalue weighted by atomic mass is 16.5. The summed E-state index contributed by atoms with van der Waals surface area (Å²) in [4.78, 5) is 40.7. The fraction of sp³-hybridized carbons (Fsp3) is 0.842. The number of fused-ring (bicyclic) bond motifs is 2. The highest BCUT2D eigenvalue weighted by molar-refractivity contribution is 5.85. The summed E-state index contributed by atoms with van der Waals surface area (Å²) in [6.07, 6.45) is 4.35. The van der Waals surface area contributed by atoms with Gasteiger partial charge in [0.1, 0.15) is 0 Å². The molecule has 3 aliphatic rings. The number of carbonyl (C=O) groups is 3. The summed E-state index contributed by atoms with van der Waals surface area (Å²) in [5.41, 5.74) is -0.897. The maximum Gasteiger partial charge on any atom is 0.230 e. The van der Waals surface area contributed by atoms with Crippen molar-refractivity contribution in [3.8, 4) is 0 Å². The molecule has 2 heterocycles. The van der Waals surface area contributed by atoms with Gasteiger partial charge in [-0.15, -0.1) is 0 Å². The molecule has 0 aromatic heterocycles. The van der Waals surface area contributed by atoms with Crippen LogP contribution in [0.3, 0.4) is 0 Å². The van der Waals surface area contributed by atoms with Crippen molar-refractivity contribution in [1.29, 1.82) is 0 Å². The van der Waals surface area contributed by atoms with Gasteiger partial charge in [-0.3, -0.25) is 14.4 Å². The molecule has 2 atom stereocenters. The normalized spacial score (nSPS) is 26.6. The number of carbonyl (C=O) groups excluding carboxylic acids is 3. The van der Waals surface area contributed by atoms with Crippen LogP contribution in [0.15, 0.2) is 0 Å². The fourth-order valence-electron chi connectivity index (χ4n) is 4.43. The van der Waals surface area contributed by atoms with Crippen LogP contribution >= 0.6 is 0 Å². The lowest BCUT2D eigenvalue weighted by Gasteiger charge is -2.43. The number of likely N-dealkylation sites (tertiary alicyclic amines) is 2. The molecule has 3 rings (SSSR count). The Kier molecular flexibility index (Phi) is 5.03. The van der Waals surface area contributed by atoms with Crippen LogP contribution in [-0.4, -0.2) is 72.0 Å². The van der Waals surface area contributed by atoms with Crippen molar-refractivity contribution in [1.82, 2.24) is 15.1 Å². The lowest BCUT2D eigenvalue weighted by atomic mass is 9.77. The first-order valence-electron chi connectivity index (χ1n) is 9.58. The average Bonchev–Trinajstić information content (AvgIpc) is 3.16. The van der Waals surface area contributed by atoms with E-state index in [9.17, 15) is 14.4 Å². The van der Waals surface area contributed by atoms with E-state index in [1.54, 1.807) is 7.11 Å². The Labute approximate surface area is 155 Å². The molecule has 3 fully saturated rings. The zero-order chi connectivity index (χ0) is 19.1. The Morgan fingerprint density at radius 1 is 1.15 bits per heavy atom. The first-order chi connectivity index (χ1) is 12.2. The molecule has 1 saturated carbocycles. The van der Waals surface area contributed by atoms with Gasteiger partial charge in [-0.1, -0.05) is 0 Å². The highest BCUT2D eigenvalue weighted by Gasteiger charge is 2.50. The van der Waals surface area contributed by atoms with Crippen molar-refractivity contribution >= 4 is 17.7 Å². The molecule has 2 saturated heterocycles. The first kappa shape index (κ1) is 19.1. The van der Waals surface area contributed by atoms with E-state index < -0.39 is 5.41 Å². The Bertz CT molecular complexity index is 594. The zero-order valence-electron chi connectivity index (χ0n) is 16.3. The highest BCUT2D eigenvalue weighted by Crippen LogP contribution is 2.40.